The van der Waals surface area contributed by atoms with E-state index in [1.54, 1.807) is 29.3 Å². The summed E-state index contributed by atoms with van der Waals surface area (Å²) < 4.78 is 8.97. The Morgan fingerprint density at radius 2 is 1.94 bits per heavy atom. The monoisotopic (exact) mass is 464 g/mol. The second kappa shape index (κ2) is 8.78. The Hall–Kier alpha value is -3.52. The first-order chi connectivity index (χ1) is 15.6. The summed E-state index contributed by atoms with van der Waals surface area (Å²) in [6.45, 7) is 8.21. The maximum Gasteiger partial charge on any atom is 0.277 e. The van der Waals surface area contributed by atoms with Crippen LogP contribution in [-0.4, -0.2) is 29.3 Å². The molecule has 0 saturated heterocycles. The van der Waals surface area contributed by atoms with Crippen LogP contribution in [0.2, 0.25) is 5.02 Å². The molecule has 4 heterocycles. The number of nitrogens with zero attached hydrogens (tertiary/aromatic N) is 6. The highest BCUT2D eigenvalue weighted by Crippen LogP contribution is 2.26. The molecule has 0 spiro atoms. The molecule has 0 aliphatic rings. The smallest absolute Gasteiger partial charge is 0.277 e. The van der Waals surface area contributed by atoms with Crippen molar-refractivity contribution in [1.82, 2.24) is 29.3 Å². The summed E-state index contributed by atoms with van der Waals surface area (Å²) in [5, 5.41) is 4.27. The van der Waals surface area contributed by atoms with Crippen LogP contribution in [-0.2, 0) is 19.1 Å². The van der Waals surface area contributed by atoms with Crippen LogP contribution in [0.25, 0.3) is 16.9 Å². The molecule has 0 aliphatic carbocycles. The standard InChI is InChI=1S/C24H25ClN6O2/c1-15-10-20(33-14-17-7-9-30(5)29-17)21(25)22(32)31(15)18-11-16(12-26-13-18)19-6-8-27-23(28-19)24(2,3)4/h6-13H,14H2,1-5H3. The average molecular weight is 465 g/mol. The van der Waals surface area contributed by atoms with Gasteiger partial charge in [-0.2, -0.15) is 5.10 Å². The third-order valence-corrected chi connectivity index (χ3v) is 5.40. The van der Waals surface area contributed by atoms with E-state index in [9.17, 15) is 4.79 Å². The predicted octanol–water partition coefficient (Wildman–Crippen LogP) is 4.26. The maximum absolute atomic E-state index is 13.1. The molecular weight excluding hydrogens is 440 g/mol. The minimum absolute atomic E-state index is 0.000936. The third-order valence-electron chi connectivity index (χ3n) is 5.05. The molecule has 0 fully saturated rings. The van der Waals surface area contributed by atoms with Crippen molar-refractivity contribution in [1.29, 1.82) is 0 Å². The van der Waals surface area contributed by atoms with E-state index in [0.717, 1.165) is 22.8 Å². The molecule has 4 aromatic heterocycles. The number of ether oxygens (including phenoxy) is 1. The van der Waals surface area contributed by atoms with E-state index in [4.69, 9.17) is 16.3 Å². The van der Waals surface area contributed by atoms with Crippen LogP contribution in [0.5, 0.6) is 5.75 Å². The first-order valence-electron chi connectivity index (χ1n) is 10.5. The van der Waals surface area contributed by atoms with E-state index in [1.807, 2.05) is 38.4 Å². The van der Waals surface area contributed by atoms with E-state index < -0.39 is 0 Å². The van der Waals surface area contributed by atoms with Gasteiger partial charge < -0.3 is 4.74 Å². The van der Waals surface area contributed by atoms with Gasteiger partial charge in [-0.15, -0.1) is 0 Å². The van der Waals surface area contributed by atoms with Crippen molar-refractivity contribution in [3.05, 3.63) is 81.6 Å². The molecule has 9 heteroatoms. The second-order valence-corrected chi connectivity index (χ2v) is 9.20. The number of aryl methyl sites for hydroxylation is 2. The summed E-state index contributed by atoms with van der Waals surface area (Å²) in [4.78, 5) is 26.5. The Bertz CT molecular complexity index is 1370. The number of halogens is 1. The largest absolute Gasteiger partial charge is 0.485 e. The first kappa shape index (κ1) is 22.7. The molecule has 0 N–H and O–H groups in total. The zero-order valence-corrected chi connectivity index (χ0v) is 20.0. The Kier molecular flexibility index (Phi) is 6.03. The van der Waals surface area contributed by atoms with Crippen LogP contribution in [0.15, 0.2) is 53.8 Å². The Balaban J connectivity index is 1.69. The second-order valence-electron chi connectivity index (χ2n) is 8.82. The molecule has 0 saturated carbocycles. The van der Waals surface area contributed by atoms with E-state index in [0.29, 0.717) is 17.1 Å². The molecule has 0 radical (unpaired) electrons. The lowest BCUT2D eigenvalue weighted by atomic mass is 9.95. The zero-order chi connectivity index (χ0) is 23.8. The van der Waals surface area contributed by atoms with E-state index >= 15 is 0 Å². The molecule has 8 nitrogen and oxygen atoms in total. The van der Waals surface area contributed by atoms with Crippen LogP contribution < -0.4 is 10.3 Å². The van der Waals surface area contributed by atoms with Crippen LogP contribution in [0.1, 0.15) is 38.0 Å². The van der Waals surface area contributed by atoms with Gasteiger partial charge in [-0.1, -0.05) is 32.4 Å². The quantitative estimate of drug-likeness (QED) is 0.438. The van der Waals surface area contributed by atoms with Crippen LogP contribution in [0.3, 0.4) is 0 Å². The van der Waals surface area contributed by atoms with E-state index in [2.05, 4.69) is 40.8 Å². The van der Waals surface area contributed by atoms with Crippen LogP contribution >= 0.6 is 11.6 Å². The van der Waals surface area contributed by atoms with Gasteiger partial charge in [0.05, 0.1) is 23.3 Å². The lowest BCUT2D eigenvalue weighted by Crippen LogP contribution is -2.22. The van der Waals surface area contributed by atoms with Crippen molar-refractivity contribution >= 4 is 11.6 Å². The minimum Gasteiger partial charge on any atom is -0.485 e. The number of hydrogen-bond donors (Lipinski definition) is 0. The van der Waals surface area contributed by atoms with E-state index in [-0.39, 0.29) is 22.6 Å². The van der Waals surface area contributed by atoms with E-state index in [1.165, 1.54) is 4.57 Å². The molecule has 0 atom stereocenters. The van der Waals surface area contributed by atoms with Gasteiger partial charge in [-0.05, 0) is 25.1 Å². The summed E-state index contributed by atoms with van der Waals surface area (Å²) >= 11 is 6.39. The molecule has 0 amide bonds. The fourth-order valence-electron chi connectivity index (χ4n) is 3.37. The van der Waals surface area contributed by atoms with Crippen LogP contribution in [0.4, 0.5) is 0 Å². The fraction of sp³-hybridized carbons (Fsp3) is 0.292. The molecular formula is C24H25ClN6O2. The molecule has 0 bridgehead atoms. The van der Waals surface area contributed by atoms with Crippen molar-refractivity contribution in [2.24, 2.45) is 7.05 Å². The van der Waals surface area contributed by atoms with Gasteiger partial charge >= 0.3 is 0 Å². The van der Waals surface area contributed by atoms with Gasteiger partial charge in [0, 0.05) is 48.4 Å². The molecule has 4 aromatic rings. The highest BCUT2D eigenvalue weighted by atomic mass is 35.5. The SMILES string of the molecule is Cc1cc(OCc2ccn(C)n2)c(Cl)c(=O)n1-c1cncc(-c2ccnc(C(C)(C)C)n2)c1. The van der Waals surface area contributed by atoms with Gasteiger partial charge in [0.2, 0.25) is 0 Å². The average Bonchev–Trinajstić information content (AvgIpc) is 3.20. The lowest BCUT2D eigenvalue weighted by Gasteiger charge is -2.17. The number of aromatic nitrogens is 6. The van der Waals surface area contributed by atoms with Crippen molar-refractivity contribution < 1.29 is 4.74 Å². The van der Waals surface area contributed by atoms with Crippen molar-refractivity contribution in [3.63, 3.8) is 0 Å². The van der Waals surface area contributed by atoms with Crippen LogP contribution in [0, 0.1) is 6.92 Å². The molecule has 170 valence electrons. The fourth-order valence-corrected chi connectivity index (χ4v) is 3.56. The Labute approximate surface area is 196 Å². The first-order valence-corrected chi connectivity index (χ1v) is 10.8. The molecule has 33 heavy (non-hydrogen) atoms. The summed E-state index contributed by atoms with van der Waals surface area (Å²) in [7, 11) is 1.83. The third kappa shape index (κ3) is 4.80. The molecule has 0 aliphatic heterocycles. The van der Waals surface area contributed by atoms with Crippen molar-refractivity contribution in [3.8, 4) is 22.7 Å². The lowest BCUT2D eigenvalue weighted by molar-refractivity contribution is 0.299. The normalized spacial score (nSPS) is 11.6. The summed E-state index contributed by atoms with van der Waals surface area (Å²) in [6.07, 6.45) is 6.89. The van der Waals surface area contributed by atoms with Crippen molar-refractivity contribution in [2.75, 3.05) is 0 Å². The highest BCUT2D eigenvalue weighted by molar-refractivity contribution is 6.31. The number of hydrogen-bond acceptors (Lipinski definition) is 6. The number of rotatable bonds is 5. The molecule has 0 aromatic carbocycles. The maximum atomic E-state index is 13.1. The van der Waals surface area contributed by atoms with Gasteiger partial charge in [-0.25, -0.2) is 9.97 Å². The zero-order valence-electron chi connectivity index (χ0n) is 19.2. The topological polar surface area (TPSA) is 87.7 Å². The Morgan fingerprint density at radius 3 is 2.64 bits per heavy atom. The predicted molar refractivity (Wildman–Crippen MR) is 127 cm³/mol. The molecule has 4 rings (SSSR count). The number of pyridine rings is 2. The summed E-state index contributed by atoms with van der Waals surface area (Å²) in [5.74, 6) is 1.05. The van der Waals surface area contributed by atoms with Gasteiger partial charge in [0.25, 0.3) is 5.56 Å². The van der Waals surface area contributed by atoms with Gasteiger partial charge in [-0.3, -0.25) is 19.0 Å². The molecule has 0 unspecified atom stereocenters. The minimum atomic E-state index is -0.385. The van der Waals surface area contributed by atoms with Gasteiger partial charge in [0.15, 0.2) is 0 Å². The highest BCUT2D eigenvalue weighted by Gasteiger charge is 2.19. The summed E-state index contributed by atoms with van der Waals surface area (Å²) in [6, 6.07) is 7.27. The van der Waals surface area contributed by atoms with Crippen molar-refractivity contribution in [2.45, 2.75) is 39.7 Å². The Morgan fingerprint density at radius 1 is 1.15 bits per heavy atom. The summed E-state index contributed by atoms with van der Waals surface area (Å²) in [5.41, 5.74) is 2.93. The van der Waals surface area contributed by atoms with Gasteiger partial charge in [0.1, 0.15) is 23.2 Å².